The van der Waals surface area contributed by atoms with Crippen molar-refractivity contribution in [2.45, 2.75) is 25.5 Å². The predicted octanol–water partition coefficient (Wildman–Crippen LogP) is 1.78. The van der Waals surface area contributed by atoms with Crippen LogP contribution in [0.2, 0.25) is 0 Å². The molecule has 1 saturated heterocycles. The molecule has 1 aromatic carbocycles. The second kappa shape index (κ2) is 5.93. The number of hydrogen-bond acceptors (Lipinski definition) is 5. The number of aliphatic hydroxyl groups is 1. The van der Waals surface area contributed by atoms with E-state index in [-0.39, 0.29) is 11.9 Å². The fraction of sp³-hybridized carbons (Fsp3) is 0.333. The molecule has 2 atom stereocenters. The number of nitrogens with one attached hydrogen (secondary N) is 2. The van der Waals surface area contributed by atoms with E-state index in [9.17, 15) is 9.90 Å². The summed E-state index contributed by atoms with van der Waals surface area (Å²) in [6.07, 6.45) is 0.00145. The number of carbonyl (C=O) groups excluding carboxylic acids is 1. The van der Waals surface area contributed by atoms with Crippen LogP contribution in [0.1, 0.15) is 12.0 Å². The number of carbonyl (C=O) groups is 1. The molecule has 0 radical (unpaired) electrons. The van der Waals surface area contributed by atoms with Crippen LogP contribution in [-0.2, 0) is 4.79 Å². The summed E-state index contributed by atoms with van der Waals surface area (Å²) in [5, 5.41) is 17.8. The zero-order valence-electron chi connectivity index (χ0n) is 11.7. The summed E-state index contributed by atoms with van der Waals surface area (Å²) in [4.78, 5) is 16.5. The number of rotatable bonds is 3. The first-order valence-corrected chi connectivity index (χ1v) is 7.75. The Kier molecular flexibility index (Phi) is 4.01. The van der Waals surface area contributed by atoms with Crippen LogP contribution in [-0.4, -0.2) is 34.7 Å². The highest BCUT2D eigenvalue weighted by molar-refractivity contribution is 7.14. The molecule has 3 N–H and O–H groups in total. The molecule has 1 aromatic heterocycles. The van der Waals surface area contributed by atoms with Gasteiger partial charge in [-0.3, -0.25) is 4.79 Å². The Labute approximate surface area is 127 Å². The fourth-order valence-corrected chi connectivity index (χ4v) is 3.14. The van der Waals surface area contributed by atoms with Crippen molar-refractivity contribution in [3.8, 4) is 11.3 Å². The van der Waals surface area contributed by atoms with E-state index in [4.69, 9.17) is 0 Å². The number of aryl methyl sites for hydroxylation is 1. The Hall–Kier alpha value is -1.76. The van der Waals surface area contributed by atoms with Gasteiger partial charge >= 0.3 is 0 Å². The minimum absolute atomic E-state index is 0.141. The third-order valence-corrected chi connectivity index (χ3v) is 4.34. The van der Waals surface area contributed by atoms with Crippen LogP contribution in [0.5, 0.6) is 0 Å². The molecule has 6 heteroatoms. The van der Waals surface area contributed by atoms with Gasteiger partial charge in [0.15, 0.2) is 5.13 Å². The molecule has 0 spiro atoms. The molecule has 1 aliphatic heterocycles. The van der Waals surface area contributed by atoms with E-state index in [1.807, 2.05) is 36.6 Å². The van der Waals surface area contributed by atoms with Crippen molar-refractivity contribution < 1.29 is 9.90 Å². The van der Waals surface area contributed by atoms with Crippen molar-refractivity contribution in [2.75, 3.05) is 11.9 Å². The number of aliphatic hydroxyl groups excluding tert-OH is 1. The lowest BCUT2D eigenvalue weighted by atomic mass is 10.1. The maximum Gasteiger partial charge on any atom is 0.243 e. The van der Waals surface area contributed by atoms with Gasteiger partial charge in [-0.05, 0) is 18.9 Å². The molecule has 2 aromatic rings. The minimum Gasteiger partial charge on any atom is -0.392 e. The largest absolute Gasteiger partial charge is 0.392 e. The molecule has 0 aliphatic carbocycles. The summed E-state index contributed by atoms with van der Waals surface area (Å²) >= 11 is 1.41. The normalized spacial score (nSPS) is 21.4. The van der Waals surface area contributed by atoms with E-state index in [1.165, 1.54) is 11.3 Å². The van der Waals surface area contributed by atoms with Gasteiger partial charge < -0.3 is 15.7 Å². The molecule has 0 bridgehead atoms. The molecule has 1 aliphatic rings. The number of aromatic nitrogens is 1. The lowest BCUT2D eigenvalue weighted by molar-refractivity contribution is -0.117. The van der Waals surface area contributed by atoms with Crippen LogP contribution < -0.4 is 10.6 Å². The second-order valence-electron chi connectivity index (χ2n) is 5.19. The summed E-state index contributed by atoms with van der Waals surface area (Å²) in [6.45, 7) is 2.50. The van der Waals surface area contributed by atoms with Crippen molar-refractivity contribution >= 4 is 22.4 Å². The molecule has 21 heavy (non-hydrogen) atoms. The van der Waals surface area contributed by atoms with Crippen LogP contribution in [0, 0.1) is 6.92 Å². The molecule has 1 fully saturated rings. The fourth-order valence-electron chi connectivity index (χ4n) is 2.42. The summed E-state index contributed by atoms with van der Waals surface area (Å²) in [6, 6.07) is 7.68. The van der Waals surface area contributed by atoms with Crippen molar-refractivity contribution in [2.24, 2.45) is 0 Å². The van der Waals surface area contributed by atoms with Gasteiger partial charge in [0.2, 0.25) is 5.91 Å². The topological polar surface area (TPSA) is 74.2 Å². The average Bonchev–Trinajstić information content (AvgIpc) is 3.08. The Morgan fingerprint density at radius 3 is 3.00 bits per heavy atom. The van der Waals surface area contributed by atoms with E-state index in [0.29, 0.717) is 18.1 Å². The van der Waals surface area contributed by atoms with Crippen LogP contribution in [0.15, 0.2) is 29.6 Å². The summed E-state index contributed by atoms with van der Waals surface area (Å²) in [5.74, 6) is -0.141. The molecule has 110 valence electrons. The molecule has 1 amide bonds. The molecule has 5 nitrogen and oxygen atoms in total. The van der Waals surface area contributed by atoms with Gasteiger partial charge in [-0.25, -0.2) is 4.98 Å². The van der Waals surface area contributed by atoms with E-state index >= 15 is 0 Å². The van der Waals surface area contributed by atoms with Gasteiger partial charge in [0.1, 0.15) is 0 Å². The van der Waals surface area contributed by atoms with Crippen LogP contribution in [0.4, 0.5) is 5.13 Å². The maximum absolute atomic E-state index is 12.1. The Morgan fingerprint density at radius 1 is 1.48 bits per heavy atom. The Bertz CT molecular complexity index is 656. The lowest BCUT2D eigenvalue weighted by Gasteiger charge is -2.08. The molecule has 0 saturated carbocycles. The number of amides is 1. The third kappa shape index (κ3) is 3.12. The van der Waals surface area contributed by atoms with E-state index < -0.39 is 6.10 Å². The monoisotopic (exact) mass is 303 g/mol. The first-order chi connectivity index (χ1) is 10.1. The molecule has 3 rings (SSSR count). The van der Waals surface area contributed by atoms with E-state index in [2.05, 4.69) is 15.6 Å². The second-order valence-corrected chi connectivity index (χ2v) is 6.05. The first-order valence-electron chi connectivity index (χ1n) is 6.87. The van der Waals surface area contributed by atoms with Crippen molar-refractivity contribution in [3.63, 3.8) is 0 Å². The number of β-amino-alcohol motifs (C(OH)–C–C–N with tert-alkyl or cyclic N) is 1. The number of anilines is 1. The predicted molar refractivity (Wildman–Crippen MR) is 83.3 cm³/mol. The highest BCUT2D eigenvalue weighted by atomic mass is 32.1. The van der Waals surface area contributed by atoms with Crippen LogP contribution in [0.25, 0.3) is 11.3 Å². The zero-order chi connectivity index (χ0) is 14.8. The SMILES string of the molecule is Cc1ccccc1-c1csc(NC(=O)[C@H]2C[C@H](O)CN2)n1. The van der Waals surface area contributed by atoms with Crippen molar-refractivity contribution in [1.29, 1.82) is 0 Å². The molecule has 0 unspecified atom stereocenters. The number of thiazole rings is 1. The van der Waals surface area contributed by atoms with Gasteiger partial charge in [-0.1, -0.05) is 24.3 Å². The third-order valence-electron chi connectivity index (χ3n) is 3.58. The van der Waals surface area contributed by atoms with Crippen molar-refractivity contribution in [1.82, 2.24) is 10.3 Å². The van der Waals surface area contributed by atoms with Crippen LogP contribution >= 0.6 is 11.3 Å². The standard InChI is InChI=1S/C15H17N3O2S/c1-9-4-2-3-5-11(9)13-8-21-15(17-13)18-14(20)12-6-10(19)7-16-12/h2-5,8,10,12,16,19H,6-7H2,1H3,(H,17,18,20)/t10-,12+/m0/s1. The Balaban J connectivity index is 1.71. The number of hydrogen-bond donors (Lipinski definition) is 3. The van der Waals surface area contributed by atoms with E-state index in [0.717, 1.165) is 16.8 Å². The lowest BCUT2D eigenvalue weighted by Crippen LogP contribution is -2.35. The van der Waals surface area contributed by atoms with Gasteiger partial charge in [0.05, 0.1) is 17.8 Å². The van der Waals surface area contributed by atoms with Gasteiger partial charge in [0, 0.05) is 17.5 Å². The highest BCUT2D eigenvalue weighted by Crippen LogP contribution is 2.27. The smallest absolute Gasteiger partial charge is 0.243 e. The number of nitrogens with zero attached hydrogens (tertiary/aromatic N) is 1. The zero-order valence-corrected chi connectivity index (χ0v) is 12.5. The molecule has 2 heterocycles. The minimum atomic E-state index is -0.445. The van der Waals surface area contributed by atoms with Crippen LogP contribution in [0.3, 0.4) is 0 Å². The van der Waals surface area contributed by atoms with Crippen molar-refractivity contribution in [3.05, 3.63) is 35.2 Å². The Morgan fingerprint density at radius 2 is 2.29 bits per heavy atom. The summed E-state index contributed by atoms with van der Waals surface area (Å²) < 4.78 is 0. The quantitative estimate of drug-likeness (QED) is 0.808. The first kappa shape index (κ1) is 14.2. The molecular formula is C15H17N3O2S. The molecular weight excluding hydrogens is 286 g/mol. The number of benzene rings is 1. The highest BCUT2D eigenvalue weighted by Gasteiger charge is 2.28. The van der Waals surface area contributed by atoms with E-state index in [1.54, 1.807) is 0 Å². The summed E-state index contributed by atoms with van der Waals surface area (Å²) in [7, 11) is 0. The average molecular weight is 303 g/mol. The maximum atomic E-state index is 12.1. The van der Waals surface area contributed by atoms with Gasteiger partial charge in [0.25, 0.3) is 0 Å². The van der Waals surface area contributed by atoms with Gasteiger partial charge in [-0.15, -0.1) is 11.3 Å². The summed E-state index contributed by atoms with van der Waals surface area (Å²) in [5.41, 5.74) is 3.10. The van der Waals surface area contributed by atoms with Gasteiger partial charge in [-0.2, -0.15) is 0 Å².